The minimum atomic E-state index is 0.577. The quantitative estimate of drug-likeness (QED) is 0.816. The molecule has 0 aromatic carbocycles. The van der Waals surface area contributed by atoms with Crippen molar-refractivity contribution in [3.63, 3.8) is 0 Å². The maximum Gasteiger partial charge on any atom is 0.225 e. The van der Waals surface area contributed by atoms with Gasteiger partial charge in [-0.05, 0) is 30.2 Å². The highest BCUT2D eigenvalue weighted by atomic mass is 15.3. The van der Waals surface area contributed by atoms with Gasteiger partial charge in [-0.25, -0.2) is 9.97 Å². The molecular weight excluding hydrogens is 224 g/mol. The zero-order valence-electron chi connectivity index (χ0n) is 11.3. The van der Waals surface area contributed by atoms with E-state index in [2.05, 4.69) is 35.2 Å². The number of anilines is 1. The van der Waals surface area contributed by atoms with Crippen molar-refractivity contribution in [2.24, 2.45) is 5.92 Å². The highest BCUT2D eigenvalue weighted by Crippen LogP contribution is 2.33. The van der Waals surface area contributed by atoms with Crippen molar-refractivity contribution in [2.75, 3.05) is 31.1 Å². The molecule has 0 amide bonds. The molecule has 0 radical (unpaired) electrons. The van der Waals surface area contributed by atoms with Crippen LogP contribution in [0.3, 0.4) is 0 Å². The van der Waals surface area contributed by atoms with Crippen LogP contribution in [0.4, 0.5) is 5.95 Å². The molecule has 1 aliphatic heterocycles. The van der Waals surface area contributed by atoms with Crippen molar-refractivity contribution in [1.82, 2.24) is 15.3 Å². The van der Waals surface area contributed by atoms with E-state index in [9.17, 15) is 0 Å². The standard InChI is InChI=1S/C14H22N4/c1-10-7-11(2)13-12(8-10)9-16-14(17-13)18-5-3-15-4-6-18/h9-11,15H,3-8H2,1-2H3. The second-order valence-corrected chi connectivity index (χ2v) is 5.76. The summed E-state index contributed by atoms with van der Waals surface area (Å²) >= 11 is 0. The first-order valence-corrected chi connectivity index (χ1v) is 7.05. The van der Waals surface area contributed by atoms with E-state index in [1.165, 1.54) is 17.7 Å². The first-order chi connectivity index (χ1) is 8.74. The van der Waals surface area contributed by atoms with Crippen molar-refractivity contribution in [3.8, 4) is 0 Å². The average Bonchev–Trinajstić information content (AvgIpc) is 2.39. The van der Waals surface area contributed by atoms with E-state index in [-0.39, 0.29) is 0 Å². The molecule has 2 atom stereocenters. The van der Waals surface area contributed by atoms with Crippen LogP contribution in [0.1, 0.15) is 37.4 Å². The second kappa shape index (κ2) is 4.84. The first-order valence-electron chi connectivity index (χ1n) is 7.05. The van der Waals surface area contributed by atoms with Crippen molar-refractivity contribution < 1.29 is 0 Å². The molecule has 18 heavy (non-hydrogen) atoms. The lowest BCUT2D eigenvalue weighted by molar-refractivity contribution is 0.439. The fraction of sp³-hybridized carbons (Fsp3) is 0.714. The van der Waals surface area contributed by atoms with Gasteiger partial charge in [0.25, 0.3) is 0 Å². The van der Waals surface area contributed by atoms with Gasteiger partial charge in [0.2, 0.25) is 5.95 Å². The van der Waals surface area contributed by atoms with Crippen LogP contribution in [0.2, 0.25) is 0 Å². The van der Waals surface area contributed by atoms with E-state index in [0.29, 0.717) is 5.92 Å². The predicted octanol–water partition coefficient (Wildman–Crippen LogP) is 1.57. The van der Waals surface area contributed by atoms with Gasteiger partial charge >= 0.3 is 0 Å². The summed E-state index contributed by atoms with van der Waals surface area (Å²) < 4.78 is 0. The molecule has 1 N–H and O–H groups in total. The second-order valence-electron chi connectivity index (χ2n) is 5.76. The molecular formula is C14H22N4. The summed E-state index contributed by atoms with van der Waals surface area (Å²) in [4.78, 5) is 11.7. The molecule has 1 saturated heterocycles. The molecule has 0 saturated carbocycles. The Kier molecular flexibility index (Phi) is 3.20. The molecule has 2 aliphatic rings. The zero-order chi connectivity index (χ0) is 12.5. The Morgan fingerprint density at radius 3 is 2.83 bits per heavy atom. The maximum absolute atomic E-state index is 4.84. The van der Waals surface area contributed by atoms with E-state index in [1.807, 2.05) is 0 Å². The van der Waals surface area contributed by atoms with Crippen LogP contribution in [0.5, 0.6) is 0 Å². The van der Waals surface area contributed by atoms with Gasteiger partial charge in [-0.15, -0.1) is 0 Å². The lowest BCUT2D eigenvalue weighted by Crippen LogP contribution is -2.44. The largest absolute Gasteiger partial charge is 0.338 e. The zero-order valence-corrected chi connectivity index (χ0v) is 11.3. The number of piperazine rings is 1. The van der Waals surface area contributed by atoms with Crippen LogP contribution in [-0.2, 0) is 6.42 Å². The highest BCUT2D eigenvalue weighted by Gasteiger charge is 2.24. The molecule has 3 rings (SSSR count). The monoisotopic (exact) mass is 246 g/mol. The Labute approximate surface area is 109 Å². The van der Waals surface area contributed by atoms with Crippen molar-refractivity contribution in [3.05, 3.63) is 17.5 Å². The van der Waals surface area contributed by atoms with Gasteiger partial charge in [0.05, 0.1) is 5.69 Å². The van der Waals surface area contributed by atoms with Gasteiger partial charge in [0, 0.05) is 32.4 Å². The molecule has 1 aromatic rings. The molecule has 4 nitrogen and oxygen atoms in total. The Balaban J connectivity index is 1.87. The van der Waals surface area contributed by atoms with Crippen LogP contribution in [-0.4, -0.2) is 36.1 Å². The SMILES string of the molecule is CC1Cc2cnc(N3CCNCC3)nc2C(C)C1. The van der Waals surface area contributed by atoms with Crippen molar-refractivity contribution in [1.29, 1.82) is 0 Å². The third kappa shape index (κ3) is 2.21. The van der Waals surface area contributed by atoms with Crippen molar-refractivity contribution >= 4 is 5.95 Å². The Morgan fingerprint density at radius 2 is 2.06 bits per heavy atom. The van der Waals surface area contributed by atoms with Crippen LogP contribution in [0.15, 0.2) is 6.20 Å². The molecule has 0 spiro atoms. The van der Waals surface area contributed by atoms with Gasteiger partial charge in [-0.1, -0.05) is 13.8 Å². The summed E-state index contributed by atoms with van der Waals surface area (Å²) in [5.41, 5.74) is 2.65. The Bertz CT molecular complexity index is 426. The third-order valence-corrected chi connectivity index (χ3v) is 4.08. The molecule has 4 heteroatoms. The van der Waals surface area contributed by atoms with Gasteiger partial charge in [0.15, 0.2) is 0 Å². The number of fused-ring (bicyclic) bond motifs is 1. The molecule has 1 fully saturated rings. The molecule has 0 bridgehead atoms. The minimum Gasteiger partial charge on any atom is -0.338 e. The van der Waals surface area contributed by atoms with Gasteiger partial charge in [0.1, 0.15) is 0 Å². The predicted molar refractivity (Wildman–Crippen MR) is 73.0 cm³/mol. The topological polar surface area (TPSA) is 41.1 Å². The highest BCUT2D eigenvalue weighted by molar-refractivity contribution is 5.36. The van der Waals surface area contributed by atoms with E-state index in [0.717, 1.165) is 44.5 Å². The van der Waals surface area contributed by atoms with E-state index in [4.69, 9.17) is 4.98 Å². The number of nitrogens with one attached hydrogen (secondary N) is 1. The fourth-order valence-electron chi connectivity index (χ4n) is 3.19. The van der Waals surface area contributed by atoms with Gasteiger partial charge in [-0.2, -0.15) is 0 Å². The van der Waals surface area contributed by atoms with Gasteiger partial charge in [-0.3, -0.25) is 0 Å². The van der Waals surface area contributed by atoms with Gasteiger partial charge < -0.3 is 10.2 Å². The first kappa shape index (κ1) is 11.9. The number of hydrogen-bond acceptors (Lipinski definition) is 4. The third-order valence-electron chi connectivity index (χ3n) is 4.08. The average molecular weight is 246 g/mol. The summed E-state index contributed by atoms with van der Waals surface area (Å²) in [6.07, 6.45) is 4.46. The van der Waals surface area contributed by atoms with E-state index < -0.39 is 0 Å². The smallest absolute Gasteiger partial charge is 0.225 e. The van der Waals surface area contributed by atoms with E-state index >= 15 is 0 Å². The summed E-state index contributed by atoms with van der Waals surface area (Å²) in [6.45, 7) is 8.72. The molecule has 98 valence electrons. The van der Waals surface area contributed by atoms with Crippen molar-refractivity contribution in [2.45, 2.75) is 32.6 Å². The van der Waals surface area contributed by atoms with Crippen LogP contribution < -0.4 is 10.2 Å². The summed E-state index contributed by atoms with van der Waals surface area (Å²) in [5.74, 6) is 2.27. The van der Waals surface area contributed by atoms with E-state index in [1.54, 1.807) is 0 Å². The maximum atomic E-state index is 4.84. The van der Waals surface area contributed by atoms with Crippen LogP contribution >= 0.6 is 0 Å². The van der Waals surface area contributed by atoms with Crippen LogP contribution in [0, 0.1) is 5.92 Å². The summed E-state index contributed by atoms with van der Waals surface area (Å²) in [7, 11) is 0. The lowest BCUT2D eigenvalue weighted by atomic mass is 9.82. The summed E-state index contributed by atoms with van der Waals surface area (Å²) in [5, 5.41) is 3.36. The number of aromatic nitrogens is 2. The summed E-state index contributed by atoms with van der Waals surface area (Å²) in [6, 6.07) is 0. The number of rotatable bonds is 1. The molecule has 1 aliphatic carbocycles. The molecule has 1 aromatic heterocycles. The number of hydrogen-bond donors (Lipinski definition) is 1. The fourth-order valence-corrected chi connectivity index (χ4v) is 3.19. The lowest BCUT2D eigenvalue weighted by Gasteiger charge is -2.30. The molecule has 2 unspecified atom stereocenters. The number of nitrogens with zero attached hydrogens (tertiary/aromatic N) is 3. The molecule has 2 heterocycles. The minimum absolute atomic E-state index is 0.577. The Morgan fingerprint density at radius 1 is 1.28 bits per heavy atom. The Hall–Kier alpha value is -1.16. The normalized spacial score (nSPS) is 28.0. The van der Waals surface area contributed by atoms with Crippen LogP contribution in [0.25, 0.3) is 0 Å².